The van der Waals surface area contributed by atoms with E-state index in [1.165, 1.54) is 14.9 Å². The first-order valence-electron chi connectivity index (χ1n) is 8.21. The molecular formula is C17H18N4O3S. The molecule has 0 amide bonds. The molecule has 0 unspecified atom stereocenters. The third-order valence-corrected chi connectivity index (χ3v) is 6.47. The van der Waals surface area contributed by atoms with Crippen LogP contribution >= 0.6 is 0 Å². The van der Waals surface area contributed by atoms with E-state index in [4.69, 9.17) is 0 Å². The van der Waals surface area contributed by atoms with Crippen molar-refractivity contribution in [2.45, 2.75) is 30.2 Å². The molecule has 1 aliphatic heterocycles. The van der Waals surface area contributed by atoms with Crippen LogP contribution in [0.1, 0.15) is 31.0 Å². The molecule has 3 aromatic rings. The molecule has 1 aliphatic rings. The number of H-pyrrole nitrogens is 1. The van der Waals surface area contributed by atoms with Gasteiger partial charge in [0.1, 0.15) is 0 Å². The summed E-state index contributed by atoms with van der Waals surface area (Å²) in [5, 5.41) is 2.80. The smallest absolute Gasteiger partial charge is 0.272 e. The number of hydrogen-bond donors (Lipinski definition) is 1. The number of fused-ring (bicyclic) bond motifs is 1. The molecule has 0 spiro atoms. The van der Waals surface area contributed by atoms with E-state index in [0.29, 0.717) is 24.3 Å². The van der Waals surface area contributed by atoms with Crippen molar-refractivity contribution >= 4 is 15.7 Å². The Labute approximate surface area is 145 Å². The highest BCUT2D eigenvalue weighted by Gasteiger charge is 2.35. The van der Waals surface area contributed by atoms with E-state index in [9.17, 15) is 13.2 Å². The fourth-order valence-electron chi connectivity index (χ4n) is 3.33. The Bertz CT molecular complexity index is 1060. The highest BCUT2D eigenvalue weighted by atomic mass is 32.2. The van der Waals surface area contributed by atoms with Gasteiger partial charge in [-0.05, 0) is 25.0 Å². The molecule has 1 N–H and O–H groups in total. The zero-order chi connectivity index (χ0) is 17.4. The molecule has 0 saturated carbocycles. The van der Waals surface area contributed by atoms with Gasteiger partial charge < -0.3 is 0 Å². The van der Waals surface area contributed by atoms with Crippen LogP contribution in [-0.4, -0.2) is 33.9 Å². The van der Waals surface area contributed by atoms with Crippen molar-refractivity contribution in [3.63, 3.8) is 0 Å². The van der Waals surface area contributed by atoms with Gasteiger partial charge in [-0.3, -0.25) is 9.89 Å². The highest BCUT2D eigenvalue weighted by molar-refractivity contribution is 7.89. The largest absolute Gasteiger partial charge is 0.297 e. The third kappa shape index (κ3) is 2.77. The normalized spacial score (nSPS) is 19.3. The highest BCUT2D eigenvalue weighted by Crippen LogP contribution is 2.34. The topological polar surface area (TPSA) is 87.5 Å². The molecule has 1 aromatic carbocycles. The summed E-state index contributed by atoms with van der Waals surface area (Å²) in [6, 6.07) is 11.1. The first-order chi connectivity index (χ1) is 12.1. The summed E-state index contributed by atoms with van der Waals surface area (Å²) in [5.74, 6) is 0. The maximum Gasteiger partial charge on any atom is 0.272 e. The Morgan fingerprint density at radius 1 is 1.12 bits per heavy atom. The van der Waals surface area contributed by atoms with E-state index in [1.54, 1.807) is 42.6 Å². The van der Waals surface area contributed by atoms with Crippen LogP contribution in [0, 0.1) is 0 Å². The number of aromatic amines is 1. The maximum absolute atomic E-state index is 13.1. The van der Waals surface area contributed by atoms with E-state index in [0.717, 1.165) is 12.8 Å². The lowest BCUT2D eigenvalue weighted by Crippen LogP contribution is -2.39. The van der Waals surface area contributed by atoms with Crippen molar-refractivity contribution in [1.82, 2.24) is 18.9 Å². The van der Waals surface area contributed by atoms with Crippen molar-refractivity contribution < 1.29 is 8.42 Å². The molecule has 25 heavy (non-hydrogen) atoms. The number of piperidine rings is 1. The fourth-order valence-corrected chi connectivity index (χ4v) is 5.02. The standard InChI is InChI=1S/C17H18N4O3S/c22-17-12-14(19-16-9-10-18-21(16)17)15-8-4-5-11-20(15)25(23,24)13-6-2-1-3-7-13/h1-3,6-7,9-10,12,15,18H,4-5,8,11H2/t15-/m1/s1. The fraction of sp³-hybridized carbons (Fsp3) is 0.294. The van der Waals surface area contributed by atoms with Gasteiger partial charge in [0.25, 0.3) is 5.56 Å². The van der Waals surface area contributed by atoms with Crippen molar-refractivity contribution in [3.8, 4) is 0 Å². The summed E-state index contributed by atoms with van der Waals surface area (Å²) < 4.78 is 29.0. The second-order valence-corrected chi connectivity index (χ2v) is 8.01. The molecule has 0 bridgehead atoms. The van der Waals surface area contributed by atoms with E-state index < -0.39 is 16.1 Å². The van der Waals surface area contributed by atoms with Crippen molar-refractivity contribution in [2.75, 3.05) is 6.54 Å². The van der Waals surface area contributed by atoms with Gasteiger partial charge >= 0.3 is 0 Å². The Morgan fingerprint density at radius 3 is 2.72 bits per heavy atom. The number of sulfonamides is 1. The minimum absolute atomic E-state index is 0.243. The third-order valence-electron chi connectivity index (χ3n) is 4.55. The van der Waals surface area contributed by atoms with Gasteiger partial charge in [0.15, 0.2) is 5.65 Å². The predicted octanol–water partition coefficient (Wildman–Crippen LogP) is 1.94. The molecule has 0 aliphatic carbocycles. The molecule has 2 aromatic heterocycles. The molecule has 3 heterocycles. The second-order valence-electron chi connectivity index (χ2n) is 6.12. The van der Waals surface area contributed by atoms with Crippen LogP contribution in [0.4, 0.5) is 0 Å². The van der Waals surface area contributed by atoms with Gasteiger partial charge in [-0.2, -0.15) is 4.31 Å². The zero-order valence-corrected chi connectivity index (χ0v) is 14.3. The Kier molecular flexibility index (Phi) is 3.93. The summed E-state index contributed by atoms with van der Waals surface area (Å²) in [6.45, 7) is 0.427. The minimum atomic E-state index is -3.64. The summed E-state index contributed by atoms with van der Waals surface area (Å²) in [5.41, 5.74) is 0.751. The molecule has 8 heteroatoms. The van der Waals surface area contributed by atoms with Crippen molar-refractivity contribution in [3.05, 3.63) is 64.7 Å². The monoisotopic (exact) mass is 358 g/mol. The zero-order valence-electron chi connectivity index (χ0n) is 13.5. The van der Waals surface area contributed by atoms with Crippen LogP contribution < -0.4 is 5.56 Å². The molecule has 1 fully saturated rings. The Hall–Kier alpha value is -2.45. The lowest BCUT2D eigenvalue weighted by atomic mass is 10.0. The molecule has 1 saturated heterocycles. The lowest BCUT2D eigenvalue weighted by molar-refractivity contribution is 0.251. The van der Waals surface area contributed by atoms with Gasteiger partial charge in [-0.25, -0.2) is 17.9 Å². The van der Waals surface area contributed by atoms with Crippen LogP contribution in [0.5, 0.6) is 0 Å². The Balaban J connectivity index is 1.80. The van der Waals surface area contributed by atoms with E-state index in [-0.39, 0.29) is 10.5 Å². The van der Waals surface area contributed by atoms with E-state index in [1.807, 2.05) is 0 Å². The minimum Gasteiger partial charge on any atom is -0.297 e. The van der Waals surface area contributed by atoms with Gasteiger partial charge in [0.2, 0.25) is 10.0 Å². The van der Waals surface area contributed by atoms with E-state index in [2.05, 4.69) is 10.1 Å². The number of rotatable bonds is 3. The lowest BCUT2D eigenvalue weighted by Gasteiger charge is -2.34. The van der Waals surface area contributed by atoms with E-state index >= 15 is 0 Å². The van der Waals surface area contributed by atoms with Crippen molar-refractivity contribution in [1.29, 1.82) is 0 Å². The number of aromatic nitrogens is 3. The number of benzene rings is 1. The van der Waals surface area contributed by atoms with Crippen LogP contribution in [0.2, 0.25) is 0 Å². The van der Waals surface area contributed by atoms with Gasteiger partial charge in [-0.15, -0.1) is 0 Å². The molecule has 130 valence electrons. The average Bonchev–Trinajstić information content (AvgIpc) is 3.12. The number of nitrogens with one attached hydrogen (secondary N) is 1. The predicted molar refractivity (Wildman–Crippen MR) is 92.7 cm³/mol. The maximum atomic E-state index is 13.1. The van der Waals surface area contributed by atoms with Crippen LogP contribution in [0.25, 0.3) is 5.65 Å². The first-order valence-corrected chi connectivity index (χ1v) is 9.65. The molecule has 1 atom stereocenters. The SMILES string of the molecule is O=c1cc([C@H]2CCCCN2S(=O)(=O)c2ccccc2)nc2cc[nH]n12. The second kappa shape index (κ2) is 6.12. The summed E-state index contributed by atoms with van der Waals surface area (Å²) in [7, 11) is -3.64. The quantitative estimate of drug-likeness (QED) is 0.775. The average molecular weight is 358 g/mol. The number of nitrogens with zero attached hydrogens (tertiary/aromatic N) is 3. The van der Waals surface area contributed by atoms with Gasteiger partial charge in [0.05, 0.1) is 16.6 Å². The molecular weight excluding hydrogens is 340 g/mol. The van der Waals surface area contributed by atoms with Crippen LogP contribution in [0.15, 0.2) is 58.4 Å². The molecule has 7 nitrogen and oxygen atoms in total. The molecule has 4 rings (SSSR count). The van der Waals surface area contributed by atoms with Gasteiger partial charge in [0, 0.05) is 24.9 Å². The summed E-state index contributed by atoms with van der Waals surface area (Å²) >= 11 is 0. The summed E-state index contributed by atoms with van der Waals surface area (Å²) in [4.78, 5) is 17.0. The van der Waals surface area contributed by atoms with Gasteiger partial charge in [-0.1, -0.05) is 24.6 Å². The first kappa shape index (κ1) is 16.0. The Morgan fingerprint density at radius 2 is 1.92 bits per heavy atom. The summed E-state index contributed by atoms with van der Waals surface area (Å²) in [6.07, 6.45) is 3.99. The van der Waals surface area contributed by atoms with Crippen molar-refractivity contribution in [2.24, 2.45) is 0 Å². The van der Waals surface area contributed by atoms with Crippen LogP contribution in [-0.2, 0) is 10.0 Å². The number of hydrogen-bond acceptors (Lipinski definition) is 4. The molecule has 0 radical (unpaired) electrons. The van der Waals surface area contributed by atoms with Crippen LogP contribution in [0.3, 0.4) is 0 Å².